The van der Waals surface area contributed by atoms with E-state index in [1.807, 2.05) is 13.8 Å². The Hall–Kier alpha value is -6.80. The number of benzene rings is 4. The molecule has 632 valence electrons. The van der Waals surface area contributed by atoms with E-state index in [9.17, 15) is 0 Å². The zero-order valence-electron chi connectivity index (χ0n) is 76.9. The summed E-state index contributed by atoms with van der Waals surface area (Å²) in [6, 6.07) is 29.7. The van der Waals surface area contributed by atoms with Crippen molar-refractivity contribution >= 4 is 0 Å². The number of aromatic nitrogens is 8. The minimum absolute atomic E-state index is 0.0545. The number of fused-ring (bicyclic) bond motifs is 6. The topological polar surface area (TPSA) is 103 Å². The predicted octanol–water partition coefficient (Wildman–Crippen LogP) is 31.9. The van der Waals surface area contributed by atoms with Crippen LogP contribution in [0.3, 0.4) is 0 Å². The minimum Gasteiger partial charge on any atom is -0.238 e. The predicted molar refractivity (Wildman–Crippen MR) is 500 cm³/mol. The highest BCUT2D eigenvalue weighted by Gasteiger charge is 2.44. The maximum atomic E-state index is 5.38. The van der Waals surface area contributed by atoms with Gasteiger partial charge in [0.25, 0.3) is 0 Å². The standard InChI is InChI=1S/C71H114N4.C37H46N4/c1-9-15-21-27-33-39-45-65-69(66(73-57(7)72-65)46-40-34-28-22-16-10-2)59-49-51-61-62-52-50-60(56-64(62)71(63(61)55-59,53-43-37-31-25-19-13-5)54-44-38-32-26-20-14-6)70-67(47-41-35-29-23-17-11-3)74-58(8)75-68(70)48-42-36-30-24-18-12-4;1-9-13-31-35(32(14-10-2)39-23(5)38-31)25-17-19-27-28-20-18-26(22-30(28)37(7,8)29(27)21-25)36-33(15-11-3)40-24(6)41-34(36)16-12-4/h49-52,55-56H,9-48,53-54H2,1-8H3;17-22H,9-16H2,1-8H3. The lowest BCUT2D eigenvalue weighted by Crippen LogP contribution is -2.26. The van der Waals surface area contributed by atoms with Crippen molar-refractivity contribution in [3.63, 3.8) is 0 Å². The summed E-state index contributed by atoms with van der Waals surface area (Å²) in [4.78, 5) is 41.2. The molecular formula is C108H160N8. The highest BCUT2D eigenvalue weighted by molar-refractivity contribution is 5.89. The average molecular weight is 1570 g/mol. The van der Waals surface area contributed by atoms with Crippen LogP contribution in [0, 0.1) is 27.7 Å². The molecule has 0 saturated carbocycles. The summed E-state index contributed by atoms with van der Waals surface area (Å²) < 4.78 is 0. The van der Waals surface area contributed by atoms with Crippen molar-refractivity contribution in [3.05, 3.63) is 164 Å². The van der Waals surface area contributed by atoms with E-state index in [1.54, 1.807) is 11.1 Å². The Bertz CT molecular complexity index is 3890. The molecule has 4 aromatic carbocycles. The van der Waals surface area contributed by atoms with E-state index in [-0.39, 0.29) is 10.8 Å². The zero-order valence-corrected chi connectivity index (χ0v) is 76.9. The van der Waals surface area contributed by atoms with Crippen molar-refractivity contribution in [2.24, 2.45) is 0 Å². The normalized spacial score (nSPS) is 13.0. The van der Waals surface area contributed by atoms with Gasteiger partial charge in [0, 0.05) is 33.1 Å². The van der Waals surface area contributed by atoms with Crippen molar-refractivity contribution < 1.29 is 0 Å². The molecule has 8 heteroatoms. The van der Waals surface area contributed by atoms with Crippen LogP contribution in [0.25, 0.3) is 66.8 Å². The van der Waals surface area contributed by atoms with Gasteiger partial charge in [0.05, 0.1) is 45.6 Å². The molecule has 4 heterocycles. The lowest BCUT2D eigenvalue weighted by atomic mass is 9.69. The van der Waals surface area contributed by atoms with Gasteiger partial charge in [-0.05, 0) is 209 Å². The summed E-state index contributed by atoms with van der Waals surface area (Å²) in [6.07, 6.45) is 61.8. The largest absolute Gasteiger partial charge is 0.238 e. The van der Waals surface area contributed by atoms with E-state index in [2.05, 4.69) is 170 Å². The average Bonchev–Trinajstić information content (AvgIpc) is 1.56. The van der Waals surface area contributed by atoms with Gasteiger partial charge in [0.2, 0.25) is 0 Å². The van der Waals surface area contributed by atoms with Crippen molar-refractivity contribution in [2.75, 3.05) is 0 Å². The van der Waals surface area contributed by atoms with Crippen molar-refractivity contribution in [3.8, 4) is 66.8 Å². The van der Waals surface area contributed by atoms with Crippen molar-refractivity contribution in [2.45, 2.75) is 443 Å². The summed E-state index contributed by atoms with van der Waals surface area (Å²) in [7, 11) is 0. The first-order valence-corrected chi connectivity index (χ1v) is 48.6. The second-order valence-corrected chi connectivity index (χ2v) is 36.0. The van der Waals surface area contributed by atoms with Gasteiger partial charge in [-0.3, -0.25) is 0 Å². The Balaban J connectivity index is 0.000000313. The molecule has 0 unspecified atom stereocenters. The molecule has 8 nitrogen and oxygen atoms in total. The quantitative estimate of drug-likeness (QED) is 0.0347. The van der Waals surface area contributed by atoms with E-state index in [0.717, 1.165) is 100 Å². The SMILES string of the molecule is CCCCCCCCc1nc(C)nc(CCCCCCCC)c1-c1ccc2c(c1)C(CCCCCCCC)(CCCCCCCC)c1cc(-c3c(CCCCCCCC)nc(C)nc3CCCCCCCC)ccc1-2.CCCc1nc(C)nc(CCC)c1-c1ccc2c(c1)C(C)(C)c1cc(-c3c(CCC)nc(C)nc3CCC)ccc1-2. The van der Waals surface area contributed by atoms with Crippen LogP contribution < -0.4 is 0 Å². The highest BCUT2D eigenvalue weighted by atomic mass is 14.9. The van der Waals surface area contributed by atoms with Crippen LogP contribution in [0.15, 0.2) is 72.8 Å². The van der Waals surface area contributed by atoms with E-state index in [0.29, 0.717) is 0 Å². The van der Waals surface area contributed by atoms with Gasteiger partial charge in [-0.15, -0.1) is 0 Å². The van der Waals surface area contributed by atoms with E-state index in [4.69, 9.17) is 39.9 Å². The summed E-state index contributed by atoms with van der Waals surface area (Å²) in [5, 5.41) is 0. The summed E-state index contributed by atoms with van der Waals surface area (Å²) >= 11 is 0. The molecule has 2 aliphatic carbocycles. The lowest BCUT2D eigenvalue weighted by molar-refractivity contribution is 0.398. The first kappa shape index (κ1) is 93.1. The fourth-order valence-corrected chi connectivity index (χ4v) is 19.7. The Morgan fingerprint density at radius 3 is 0.621 bits per heavy atom. The lowest BCUT2D eigenvalue weighted by Gasteiger charge is -2.34. The fraction of sp³-hybridized carbons (Fsp3) is 0.630. The third kappa shape index (κ3) is 25.2. The molecular weight excluding hydrogens is 1410 g/mol. The first-order chi connectivity index (χ1) is 56.6. The van der Waals surface area contributed by atoms with Crippen LogP contribution in [-0.4, -0.2) is 39.9 Å². The van der Waals surface area contributed by atoms with Gasteiger partial charge in [-0.2, -0.15) is 0 Å². The van der Waals surface area contributed by atoms with Crippen LogP contribution in [0.5, 0.6) is 0 Å². The molecule has 0 spiro atoms. The molecule has 0 fully saturated rings. The van der Waals surface area contributed by atoms with E-state index in [1.165, 1.54) is 367 Å². The van der Waals surface area contributed by atoms with Crippen molar-refractivity contribution in [1.29, 1.82) is 0 Å². The minimum atomic E-state index is -0.126. The van der Waals surface area contributed by atoms with Crippen molar-refractivity contribution in [1.82, 2.24) is 39.9 Å². The smallest absolute Gasteiger partial charge is 0.125 e. The molecule has 10 rings (SSSR count). The summed E-state index contributed by atoms with van der Waals surface area (Å²) in [5.74, 6) is 3.67. The molecule has 2 aliphatic rings. The van der Waals surface area contributed by atoms with Gasteiger partial charge in [0.1, 0.15) is 23.3 Å². The van der Waals surface area contributed by atoms with E-state index < -0.39 is 0 Å². The summed E-state index contributed by atoms with van der Waals surface area (Å²) in [5.41, 5.74) is 31.8. The van der Waals surface area contributed by atoms with Crippen LogP contribution in [0.1, 0.15) is 444 Å². The Morgan fingerprint density at radius 2 is 0.397 bits per heavy atom. The Kier molecular flexibility index (Phi) is 39.4. The van der Waals surface area contributed by atoms with Crippen LogP contribution >= 0.6 is 0 Å². The third-order valence-electron chi connectivity index (χ3n) is 25.8. The number of aryl methyl sites for hydroxylation is 12. The zero-order chi connectivity index (χ0) is 82.7. The molecule has 0 amide bonds. The second-order valence-electron chi connectivity index (χ2n) is 36.0. The van der Waals surface area contributed by atoms with Crippen LogP contribution in [-0.2, 0) is 62.2 Å². The number of rotatable bonds is 54. The Labute approximate surface area is 708 Å². The third-order valence-corrected chi connectivity index (χ3v) is 25.8. The summed E-state index contributed by atoms with van der Waals surface area (Å²) in [6.45, 7) is 36.1. The van der Waals surface area contributed by atoms with Crippen LogP contribution in [0.4, 0.5) is 0 Å². The van der Waals surface area contributed by atoms with Gasteiger partial charge < -0.3 is 0 Å². The van der Waals surface area contributed by atoms with Gasteiger partial charge >= 0.3 is 0 Å². The fourth-order valence-electron chi connectivity index (χ4n) is 19.7. The number of hydrogen-bond donors (Lipinski definition) is 0. The molecule has 0 atom stereocenters. The molecule has 0 aliphatic heterocycles. The number of hydrogen-bond acceptors (Lipinski definition) is 8. The molecule has 0 N–H and O–H groups in total. The molecule has 0 radical (unpaired) electrons. The van der Waals surface area contributed by atoms with Crippen LogP contribution in [0.2, 0.25) is 0 Å². The number of unbranched alkanes of at least 4 members (excludes halogenated alkanes) is 30. The first-order valence-electron chi connectivity index (χ1n) is 48.6. The molecule has 4 aromatic heterocycles. The van der Waals surface area contributed by atoms with Gasteiger partial charge in [-0.1, -0.05) is 363 Å². The van der Waals surface area contributed by atoms with E-state index >= 15 is 0 Å². The molecule has 0 bridgehead atoms. The number of nitrogens with zero attached hydrogens (tertiary/aromatic N) is 8. The highest BCUT2D eigenvalue weighted by Crippen LogP contribution is 2.57. The van der Waals surface area contributed by atoms with Gasteiger partial charge in [-0.25, -0.2) is 39.9 Å². The monoisotopic (exact) mass is 1570 g/mol. The van der Waals surface area contributed by atoms with Gasteiger partial charge in [0.15, 0.2) is 0 Å². The molecule has 8 aromatic rings. The second kappa shape index (κ2) is 49.1. The maximum absolute atomic E-state index is 5.38. The molecule has 0 saturated heterocycles. The Morgan fingerprint density at radius 1 is 0.207 bits per heavy atom. The molecule has 116 heavy (non-hydrogen) atoms. The maximum Gasteiger partial charge on any atom is 0.125 e.